The van der Waals surface area contributed by atoms with E-state index >= 15 is 0 Å². The average Bonchev–Trinajstić information content (AvgIpc) is 2.56. The van der Waals surface area contributed by atoms with Gasteiger partial charge in [-0.25, -0.2) is 0 Å². The lowest BCUT2D eigenvalue weighted by Crippen LogP contribution is -2.23. The van der Waals surface area contributed by atoms with Crippen LogP contribution in [0.5, 0.6) is 0 Å². The van der Waals surface area contributed by atoms with Crippen molar-refractivity contribution < 1.29 is 4.79 Å². The zero-order valence-electron chi connectivity index (χ0n) is 13.6. The van der Waals surface area contributed by atoms with Gasteiger partial charge < -0.3 is 5.32 Å². The molecule has 0 radical (unpaired) electrons. The minimum Gasteiger partial charge on any atom is -0.325 e. The van der Waals surface area contributed by atoms with Gasteiger partial charge in [-0.15, -0.1) is 11.8 Å². The number of hydrogen-bond donors (Lipinski definition) is 1. The van der Waals surface area contributed by atoms with Gasteiger partial charge in [-0.2, -0.15) is 5.26 Å². The van der Waals surface area contributed by atoms with Crippen LogP contribution in [-0.2, 0) is 10.5 Å². The normalized spacial score (nSPS) is 11.6. The van der Waals surface area contributed by atoms with E-state index in [4.69, 9.17) is 5.26 Å². The minimum atomic E-state index is -0.166. The standard InChI is InChI=1S/C19H20N2OS/c1-13-7-8-14(2)18(9-13)21-19(22)15(3)23-12-17-6-4-5-16(10-17)11-20/h4-10,15H,12H2,1-3H3,(H,21,22). The Bertz CT molecular complexity index is 749. The van der Waals surface area contributed by atoms with E-state index in [1.54, 1.807) is 17.8 Å². The number of carbonyl (C=O) groups excluding carboxylic acids is 1. The number of anilines is 1. The van der Waals surface area contributed by atoms with Gasteiger partial charge in [-0.1, -0.05) is 24.3 Å². The number of rotatable bonds is 5. The van der Waals surface area contributed by atoms with Crippen LogP contribution in [0.4, 0.5) is 5.69 Å². The monoisotopic (exact) mass is 324 g/mol. The van der Waals surface area contributed by atoms with Gasteiger partial charge >= 0.3 is 0 Å². The van der Waals surface area contributed by atoms with Gasteiger partial charge in [0.05, 0.1) is 16.9 Å². The molecule has 2 aromatic carbocycles. The van der Waals surface area contributed by atoms with Gasteiger partial charge in [0.15, 0.2) is 0 Å². The fourth-order valence-electron chi connectivity index (χ4n) is 2.13. The number of amides is 1. The summed E-state index contributed by atoms with van der Waals surface area (Å²) in [7, 11) is 0. The van der Waals surface area contributed by atoms with Crippen molar-refractivity contribution in [2.24, 2.45) is 0 Å². The highest BCUT2D eigenvalue weighted by Gasteiger charge is 2.14. The molecule has 0 saturated carbocycles. The van der Waals surface area contributed by atoms with Crippen molar-refractivity contribution in [2.75, 3.05) is 5.32 Å². The summed E-state index contributed by atoms with van der Waals surface area (Å²) in [5, 5.41) is 11.8. The van der Waals surface area contributed by atoms with Crippen LogP contribution in [0, 0.1) is 25.2 Å². The molecule has 0 aliphatic heterocycles. The molecule has 3 nitrogen and oxygen atoms in total. The maximum absolute atomic E-state index is 12.3. The molecular weight excluding hydrogens is 304 g/mol. The Hall–Kier alpha value is -2.25. The molecule has 0 spiro atoms. The van der Waals surface area contributed by atoms with Crippen LogP contribution in [0.25, 0.3) is 0 Å². The number of aryl methyl sites for hydroxylation is 2. The van der Waals surface area contributed by atoms with E-state index in [1.807, 2.05) is 57.2 Å². The Morgan fingerprint density at radius 2 is 2.04 bits per heavy atom. The molecule has 1 N–H and O–H groups in total. The molecule has 1 amide bonds. The predicted octanol–water partition coefficient (Wildman–Crippen LogP) is 4.44. The fraction of sp³-hybridized carbons (Fsp3) is 0.263. The summed E-state index contributed by atoms with van der Waals surface area (Å²) in [6.45, 7) is 5.90. The van der Waals surface area contributed by atoms with Crippen molar-refractivity contribution in [1.82, 2.24) is 0 Å². The first-order valence-corrected chi connectivity index (χ1v) is 8.53. The summed E-state index contributed by atoms with van der Waals surface area (Å²) in [4.78, 5) is 12.3. The third-order valence-electron chi connectivity index (χ3n) is 3.58. The summed E-state index contributed by atoms with van der Waals surface area (Å²) in [6.07, 6.45) is 0. The second-order valence-electron chi connectivity index (χ2n) is 5.57. The van der Waals surface area contributed by atoms with Crippen molar-refractivity contribution in [3.05, 3.63) is 64.7 Å². The lowest BCUT2D eigenvalue weighted by atomic mass is 10.1. The lowest BCUT2D eigenvalue weighted by molar-refractivity contribution is -0.115. The number of nitriles is 1. The van der Waals surface area contributed by atoms with E-state index in [2.05, 4.69) is 11.4 Å². The number of thioether (sulfide) groups is 1. The molecule has 2 aromatic rings. The Labute approximate surface area is 141 Å². The van der Waals surface area contributed by atoms with Gasteiger partial charge in [-0.3, -0.25) is 4.79 Å². The molecule has 0 fully saturated rings. The number of benzene rings is 2. The first kappa shape index (κ1) is 17.1. The molecule has 2 rings (SSSR count). The Morgan fingerprint density at radius 3 is 2.78 bits per heavy atom. The third-order valence-corrected chi connectivity index (χ3v) is 4.79. The summed E-state index contributed by atoms with van der Waals surface area (Å²) in [6, 6.07) is 15.7. The van der Waals surface area contributed by atoms with Crippen molar-refractivity contribution >= 4 is 23.4 Å². The zero-order valence-corrected chi connectivity index (χ0v) is 14.4. The minimum absolute atomic E-state index is 0.000128. The van der Waals surface area contributed by atoms with E-state index in [0.717, 1.165) is 22.4 Å². The highest BCUT2D eigenvalue weighted by atomic mass is 32.2. The predicted molar refractivity (Wildman–Crippen MR) is 96.5 cm³/mol. The maximum atomic E-state index is 12.3. The third kappa shape index (κ3) is 4.87. The number of nitrogens with zero attached hydrogens (tertiary/aromatic N) is 1. The zero-order chi connectivity index (χ0) is 16.8. The van der Waals surface area contributed by atoms with Crippen LogP contribution in [0.15, 0.2) is 42.5 Å². The molecule has 23 heavy (non-hydrogen) atoms. The van der Waals surface area contributed by atoms with Gasteiger partial charge in [0, 0.05) is 11.4 Å². The Morgan fingerprint density at radius 1 is 1.26 bits per heavy atom. The number of nitrogens with one attached hydrogen (secondary N) is 1. The van der Waals surface area contributed by atoms with Crippen LogP contribution in [-0.4, -0.2) is 11.2 Å². The van der Waals surface area contributed by atoms with Gasteiger partial charge in [-0.05, 0) is 55.7 Å². The smallest absolute Gasteiger partial charge is 0.237 e. The molecule has 0 aliphatic rings. The number of carbonyl (C=O) groups is 1. The van der Waals surface area contributed by atoms with Crippen molar-refractivity contribution in [2.45, 2.75) is 31.8 Å². The van der Waals surface area contributed by atoms with Crippen molar-refractivity contribution in [1.29, 1.82) is 5.26 Å². The Balaban J connectivity index is 1.95. The molecule has 0 aliphatic carbocycles. The van der Waals surface area contributed by atoms with Crippen LogP contribution in [0.2, 0.25) is 0 Å². The van der Waals surface area contributed by atoms with E-state index in [1.165, 1.54) is 0 Å². The van der Waals surface area contributed by atoms with E-state index in [-0.39, 0.29) is 11.2 Å². The quantitative estimate of drug-likeness (QED) is 0.885. The SMILES string of the molecule is Cc1ccc(C)c(NC(=O)C(C)SCc2cccc(C#N)c2)c1. The lowest BCUT2D eigenvalue weighted by Gasteiger charge is -2.14. The molecule has 0 aromatic heterocycles. The van der Waals surface area contributed by atoms with Crippen LogP contribution >= 0.6 is 11.8 Å². The highest BCUT2D eigenvalue weighted by Crippen LogP contribution is 2.22. The van der Waals surface area contributed by atoms with Gasteiger partial charge in [0.1, 0.15) is 0 Å². The fourth-order valence-corrected chi connectivity index (χ4v) is 2.96. The first-order chi connectivity index (χ1) is 11.0. The van der Waals surface area contributed by atoms with Gasteiger partial charge in [0.25, 0.3) is 0 Å². The molecule has 0 heterocycles. The van der Waals surface area contributed by atoms with E-state index in [9.17, 15) is 4.79 Å². The maximum Gasteiger partial charge on any atom is 0.237 e. The molecule has 4 heteroatoms. The molecule has 1 atom stereocenters. The first-order valence-electron chi connectivity index (χ1n) is 7.48. The highest BCUT2D eigenvalue weighted by molar-refractivity contribution is 7.99. The van der Waals surface area contributed by atoms with Crippen molar-refractivity contribution in [3.8, 4) is 6.07 Å². The summed E-state index contributed by atoms with van der Waals surface area (Å²) >= 11 is 1.56. The number of hydrogen-bond acceptors (Lipinski definition) is 3. The molecular formula is C19H20N2OS. The largest absolute Gasteiger partial charge is 0.325 e. The van der Waals surface area contributed by atoms with E-state index in [0.29, 0.717) is 11.3 Å². The Kier molecular flexibility index (Phi) is 5.84. The molecule has 118 valence electrons. The second-order valence-corrected chi connectivity index (χ2v) is 6.90. The average molecular weight is 324 g/mol. The van der Waals surface area contributed by atoms with E-state index < -0.39 is 0 Å². The molecule has 0 bridgehead atoms. The summed E-state index contributed by atoms with van der Waals surface area (Å²) < 4.78 is 0. The van der Waals surface area contributed by atoms with Crippen LogP contribution in [0.3, 0.4) is 0 Å². The molecule has 0 saturated heterocycles. The summed E-state index contributed by atoms with van der Waals surface area (Å²) in [5.41, 5.74) is 4.76. The molecule has 1 unspecified atom stereocenters. The van der Waals surface area contributed by atoms with Crippen molar-refractivity contribution in [3.63, 3.8) is 0 Å². The topological polar surface area (TPSA) is 52.9 Å². The van der Waals surface area contributed by atoms with Crippen LogP contribution < -0.4 is 5.32 Å². The summed E-state index contributed by atoms with van der Waals surface area (Å²) in [5.74, 6) is 0.705. The second kappa shape index (κ2) is 7.85. The van der Waals surface area contributed by atoms with Crippen LogP contribution in [0.1, 0.15) is 29.2 Å². The van der Waals surface area contributed by atoms with Gasteiger partial charge in [0.2, 0.25) is 5.91 Å².